The Morgan fingerprint density at radius 2 is 1.96 bits per heavy atom. The van der Waals surface area contributed by atoms with E-state index in [1.165, 1.54) is 0 Å². The van der Waals surface area contributed by atoms with E-state index in [0.717, 1.165) is 31.7 Å². The number of nitrogens with one attached hydrogen (secondary N) is 1. The van der Waals surface area contributed by atoms with Crippen LogP contribution in [0.3, 0.4) is 0 Å². The molecule has 0 aliphatic carbocycles. The maximum absolute atomic E-state index is 11.9. The molecule has 0 spiro atoms. The molecule has 2 heterocycles. The molecule has 0 radical (unpaired) electrons. The maximum atomic E-state index is 11.9. The fourth-order valence-electron chi connectivity index (χ4n) is 2.89. The number of hydrogen-bond donors (Lipinski definition) is 1. The van der Waals surface area contributed by atoms with Gasteiger partial charge in [-0.2, -0.15) is 4.98 Å². The van der Waals surface area contributed by atoms with E-state index >= 15 is 0 Å². The number of rotatable bonds is 5. The van der Waals surface area contributed by atoms with Crippen molar-refractivity contribution in [2.24, 2.45) is 0 Å². The SMILES string of the molecule is CNCC(=O)N1CCN(C(C)c2nc(-c3ccccc3)no2)CC1. The average molecular weight is 329 g/mol. The minimum atomic E-state index is 0.0384. The molecule has 1 aliphatic rings. The summed E-state index contributed by atoms with van der Waals surface area (Å²) in [6.07, 6.45) is 0. The van der Waals surface area contributed by atoms with Crippen LogP contribution in [-0.2, 0) is 4.79 Å². The first-order valence-corrected chi connectivity index (χ1v) is 8.24. The quantitative estimate of drug-likeness (QED) is 0.887. The second-order valence-electron chi connectivity index (χ2n) is 5.95. The Bertz CT molecular complexity index is 665. The van der Waals surface area contributed by atoms with Crippen LogP contribution in [0.4, 0.5) is 0 Å². The van der Waals surface area contributed by atoms with Crippen LogP contribution in [-0.4, -0.2) is 65.6 Å². The summed E-state index contributed by atoms with van der Waals surface area (Å²) < 4.78 is 5.45. The molecule has 1 aromatic heterocycles. The number of amides is 1. The molecule has 1 aliphatic heterocycles. The summed E-state index contributed by atoms with van der Waals surface area (Å²) in [5.41, 5.74) is 0.946. The molecule has 1 saturated heterocycles. The van der Waals surface area contributed by atoms with Crippen molar-refractivity contribution in [3.8, 4) is 11.4 Å². The zero-order valence-electron chi connectivity index (χ0n) is 14.1. The van der Waals surface area contributed by atoms with Gasteiger partial charge in [-0.25, -0.2) is 0 Å². The molecule has 1 unspecified atom stereocenters. The highest BCUT2D eigenvalue weighted by Crippen LogP contribution is 2.23. The number of carbonyl (C=O) groups is 1. The number of aromatic nitrogens is 2. The largest absolute Gasteiger partial charge is 0.339 e. The second-order valence-corrected chi connectivity index (χ2v) is 5.95. The molecule has 1 amide bonds. The lowest BCUT2D eigenvalue weighted by Crippen LogP contribution is -2.51. The fraction of sp³-hybridized carbons (Fsp3) is 0.471. The molecule has 1 atom stereocenters. The van der Waals surface area contributed by atoms with Crippen LogP contribution < -0.4 is 5.32 Å². The highest BCUT2D eigenvalue weighted by Gasteiger charge is 2.27. The zero-order chi connectivity index (χ0) is 16.9. The van der Waals surface area contributed by atoms with E-state index in [4.69, 9.17) is 4.52 Å². The van der Waals surface area contributed by atoms with Gasteiger partial charge in [-0.3, -0.25) is 9.69 Å². The molecule has 7 heteroatoms. The topological polar surface area (TPSA) is 74.5 Å². The molecule has 24 heavy (non-hydrogen) atoms. The number of piperazine rings is 1. The van der Waals surface area contributed by atoms with Crippen LogP contribution in [0.2, 0.25) is 0 Å². The van der Waals surface area contributed by atoms with Gasteiger partial charge in [-0.1, -0.05) is 35.5 Å². The first-order valence-electron chi connectivity index (χ1n) is 8.24. The van der Waals surface area contributed by atoms with Crippen molar-refractivity contribution in [1.82, 2.24) is 25.3 Å². The molecule has 7 nitrogen and oxygen atoms in total. The monoisotopic (exact) mass is 329 g/mol. The minimum Gasteiger partial charge on any atom is -0.339 e. The van der Waals surface area contributed by atoms with Crippen molar-refractivity contribution >= 4 is 5.91 Å². The van der Waals surface area contributed by atoms with E-state index in [2.05, 4.69) is 27.3 Å². The van der Waals surface area contributed by atoms with Gasteiger partial charge in [0, 0.05) is 31.7 Å². The third kappa shape index (κ3) is 3.63. The molecule has 1 fully saturated rings. The smallest absolute Gasteiger partial charge is 0.244 e. The number of benzene rings is 1. The molecule has 0 bridgehead atoms. The van der Waals surface area contributed by atoms with Crippen molar-refractivity contribution < 1.29 is 9.32 Å². The summed E-state index contributed by atoms with van der Waals surface area (Å²) in [4.78, 5) is 20.6. The lowest BCUT2D eigenvalue weighted by molar-refractivity contribution is -0.132. The summed E-state index contributed by atoms with van der Waals surface area (Å²) in [7, 11) is 1.79. The highest BCUT2D eigenvalue weighted by molar-refractivity contribution is 5.78. The van der Waals surface area contributed by atoms with Gasteiger partial charge >= 0.3 is 0 Å². The van der Waals surface area contributed by atoms with Gasteiger partial charge in [-0.15, -0.1) is 0 Å². The molecule has 1 N–H and O–H groups in total. The lowest BCUT2D eigenvalue weighted by atomic mass is 10.2. The Morgan fingerprint density at radius 3 is 2.62 bits per heavy atom. The molecular weight excluding hydrogens is 306 g/mol. The molecular formula is C17H23N5O2. The number of hydrogen-bond acceptors (Lipinski definition) is 6. The predicted molar refractivity (Wildman–Crippen MR) is 90.2 cm³/mol. The van der Waals surface area contributed by atoms with Crippen LogP contribution in [0.5, 0.6) is 0 Å². The van der Waals surface area contributed by atoms with Gasteiger partial charge < -0.3 is 14.7 Å². The first-order chi connectivity index (χ1) is 11.7. The normalized spacial score (nSPS) is 17.0. The third-order valence-corrected chi connectivity index (χ3v) is 4.37. The average Bonchev–Trinajstić information content (AvgIpc) is 3.12. The van der Waals surface area contributed by atoms with Gasteiger partial charge in [-0.05, 0) is 14.0 Å². The Labute approximate surface area is 141 Å². The second kappa shape index (κ2) is 7.55. The summed E-state index contributed by atoms with van der Waals surface area (Å²) in [6, 6.07) is 9.84. The number of carbonyl (C=O) groups excluding carboxylic acids is 1. The van der Waals surface area contributed by atoms with E-state index in [1.54, 1.807) is 7.05 Å². The lowest BCUT2D eigenvalue weighted by Gasteiger charge is -2.36. The molecule has 3 rings (SSSR count). The summed E-state index contributed by atoms with van der Waals surface area (Å²) in [6.45, 7) is 5.52. The molecule has 1 aromatic carbocycles. The van der Waals surface area contributed by atoms with E-state index in [0.29, 0.717) is 18.3 Å². The van der Waals surface area contributed by atoms with Crippen molar-refractivity contribution in [2.45, 2.75) is 13.0 Å². The number of likely N-dealkylation sites (N-methyl/N-ethyl adjacent to an activating group) is 1. The Morgan fingerprint density at radius 1 is 1.25 bits per heavy atom. The third-order valence-electron chi connectivity index (χ3n) is 4.37. The molecule has 2 aromatic rings. The summed E-state index contributed by atoms with van der Waals surface area (Å²) in [5.74, 6) is 1.37. The molecule has 128 valence electrons. The Kier molecular flexibility index (Phi) is 5.22. The van der Waals surface area contributed by atoms with E-state index < -0.39 is 0 Å². The number of nitrogens with zero attached hydrogens (tertiary/aromatic N) is 4. The summed E-state index contributed by atoms with van der Waals surface area (Å²) >= 11 is 0. The van der Waals surface area contributed by atoms with Crippen LogP contribution in [0.1, 0.15) is 18.9 Å². The van der Waals surface area contributed by atoms with Crippen molar-refractivity contribution in [3.05, 3.63) is 36.2 Å². The van der Waals surface area contributed by atoms with E-state index in [9.17, 15) is 4.79 Å². The van der Waals surface area contributed by atoms with Crippen LogP contribution in [0, 0.1) is 0 Å². The van der Waals surface area contributed by atoms with Crippen molar-refractivity contribution in [2.75, 3.05) is 39.8 Å². The van der Waals surface area contributed by atoms with Gasteiger partial charge in [0.15, 0.2) is 0 Å². The van der Waals surface area contributed by atoms with Crippen molar-refractivity contribution in [3.63, 3.8) is 0 Å². The van der Waals surface area contributed by atoms with Crippen molar-refractivity contribution in [1.29, 1.82) is 0 Å². The first kappa shape index (κ1) is 16.6. The Hall–Kier alpha value is -2.25. The van der Waals surface area contributed by atoms with Crippen LogP contribution in [0.15, 0.2) is 34.9 Å². The van der Waals surface area contributed by atoms with E-state index in [1.807, 2.05) is 35.2 Å². The minimum absolute atomic E-state index is 0.0384. The Balaban J connectivity index is 1.61. The van der Waals surface area contributed by atoms with Gasteiger partial charge in [0.1, 0.15) is 0 Å². The summed E-state index contributed by atoms with van der Waals surface area (Å²) in [5, 5.41) is 6.99. The van der Waals surface area contributed by atoms with Crippen LogP contribution in [0.25, 0.3) is 11.4 Å². The predicted octanol–water partition coefficient (Wildman–Crippen LogP) is 1.16. The fourth-order valence-corrected chi connectivity index (χ4v) is 2.89. The highest BCUT2D eigenvalue weighted by atomic mass is 16.5. The zero-order valence-corrected chi connectivity index (χ0v) is 14.1. The maximum Gasteiger partial charge on any atom is 0.244 e. The van der Waals surface area contributed by atoms with Crippen LogP contribution >= 0.6 is 0 Å². The van der Waals surface area contributed by atoms with Gasteiger partial charge in [0.05, 0.1) is 12.6 Å². The van der Waals surface area contributed by atoms with Gasteiger partial charge in [0.25, 0.3) is 0 Å². The standard InChI is InChI=1S/C17H23N5O2/c1-13(21-8-10-22(11-9-21)15(23)12-18-2)17-19-16(20-24-17)14-6-4-3-5-7-14/h3-7,13,18H,8-12H2,1-2H3. The molecule has 0 saturated carbocycles. The van der Waals surface area contributed by atoms with E-state index in [-0.39, 0.29) is 11.9 Å². The van der Waals surface area contributed by atoms with Gasteiger partial charge in [0.2, 0.25) is 17.6 Å².